The highest BCUT2D eigenvalue weighted by Crippen LogP contribution is 2.11. The van der Waals surface area contributed by atoms with Gasteiger partial charge >= 0.3 is 0 Å². The van der Waals surface area contributed by atoms with Crippen LogP contribution < -0.4 is 5.32 Å². The Bertz CT molecular complexity index is 792. The van der Waals surface area contributed by atoms with Crippen LogP contribution in [0.2, 0.25) is 0 Å². The van der Waals surface area contributed by atoms with Crippen molar-refractivity contribution in [1.29, 1.82) is 0 Å². The number of amides is 2. The fraction of sp³-hybridized carbons (Fsp3) is 0.417. The summed E-state index contributed by atoms with van der Waals surface area (Å²) in [5.41, 5.74) is 2.01. The lowest BCUT2D eigenvalue weighted by molar-refractivity contribution is -0.135. The molecule has 2 amide bonds. The van der Waals surface area contributed by atoms with E-state index in [2.05, 4.69) is 17.1 Å². The van der Waals surface area contributed by atoms with Crippen molar-refractivity contribution in [3.05, 3.63) is 71.8 Å². The molecule has 1 heterocycles. The molecule has 1 aliphatic heterocycles. The maximum absolute atomic E-state index is 13.1. The molecule has 0 aromatic heterocycles. The Hall–Kier alpha value is -2.70. The molecule has 6 nitrogen and oxygen atoms in total. The summed E-state index contributed by atoms with van der Waals surface area (Å²) >= 11 is 0. The van der Waals surface area contributed by atoms with Gasteiger partial charge in [-0.05, 0) is 18.1 Å². The highest BCUT2D eigenvalue weighted by atomic mass is 16.5. The molecule has 1 fully saturated rings. The normalized spacial score (nSPS) is 15.4. The maximum atomic E-state index is 13.1. The van der Waals surface area contributed by atoms with Gasteiger partial charge < -0.3 is 15.0 Å². The first-order chi connectivity index (χ1) is 14.6. The molecule has 160 valence electrons. The molecule has 2 aromatic carbocycles. The second kappa shape index (κ2) is 11.5. The first kappa shape index (κ1) is 22.0. The van der Waals surface area contributed by atoms with E-state index < -0.39 is 0 Å². The third-order valence-electron chi connectivity index (χ3n) is 5.32. The molecule has 3 rings (SSSR count). The molecule has 1 saturated heterocycles. The fourth-order valence-corrected chi connectivity index (χ4v) is 3.65. The van der Waals surface area contributed by atoms with Crippen molar-refractivity contribution in [1.82, 2.24) is 15.1 Å². The molecule has 0 spiro atoms. The van der Waals surface area contributed by atoms with E-state index in [0.29, 0.717) is 6.54 Å². The summed E-state index contributed by atoms with van der Waals surface area (Å²) in [7, 11) is 0. The molecule has 1 atom stereocenters. The molecule has 1 unspecified atom stereocenters. The Morgan fingerprint density at radius 2 is 1.60 bits per heavy atom. The Kier molecular flexibility index (Phi) is 8.41. The van der Waals surface area contributed by atoms with Gasteiger partial charge in [-0.2, -0.15) is 0 Å². The number of nitrogens with one attached hydrogen (secondary N) is 1. The Labute approximate surface area is 178 Å². The molecule has 0 aliphatic carbocycles. The van der Waals surface area contributed by atoms with Gasteiger partial charge in [0.05, 0.1) is 26.2 Å². The summed E-state index contributed by atoms with van der Waals surface area (Å²) in [6, 6.07) is 19.6. The average Bonchev–Trinajstić information content (AvgIpc) is 2.78. The third-order valence-corrected chi connectivity index (χ3v) is 5.32. The van der Waals surface area contributed by atoms with E-state index >= 15 is 0 Å². The summed E-state index contributed by atoms with van der Waals surface area (Å²) in [5.74, 6) is -0.212. The molecule has 1 N–H and O–H groups in total. The predicted octanol–water partition coefficient (Wildman–Crippen LogP) is 2.09. The highest BCUT2D eigenvalue weighted by Gasteiger charge is 2.23. The van der Waals surface area contributed by atoms with Gasteiger partial charge in [0.2, 0.25) is 11.8 Å². The first-order valence-corrected chi connectivity index (χ1v) is 10.6. The minimum atomic E-state index is -0.143. The van der Waals surface area contributed by atoms with Crippen molar-refractivity contribution in [3.63, 3.8) is 0 Å². The lowest BCUT2D eigenvalue weighted by atomic mass is 10.1. The number of benzene rings is 2. The van der Waals surface area contributed by atoms with Crippen LogP contribution in [-0.2, 0) is 27.3 Å². The molecule has 0 bridgehead atoms. The van der Waals surface area contributed by atoms with Crippen LogP contribution in [0.4, 0.5) is 0 Å². The minimum Gasteiger partial charge on any atom is -0.379 e. The number of hydrogen-bond acceptors (Lipinski definition) is 4. The Balaban J connectivity index is 1.59. The van der Waals surface area contributed by atoms with E-state index in [-0.39, 0.29) is 30.8 Å². The van der Waals surface area contributed by atoms with Crippen molar-refractivity contribution < 1.29 is 14.3 Å². The Morgan fingerprint density at radius 3 is 2.23 bits per heavy atom. The zero-order valence-corrected chi connectivity index (χ0v) is 17.6. The molecular weight excluding hydrogens is 378 g/mol. The van der Waals surface area contributed by atoms with Crippen LogP contribution in [-0.4, -0.2) is 67.0 Å². The number of nitrogens with zero attached hydrogens (tertiary/aromatic N) is 2. The SMILES string of the molecule is CC(CN1CCOCC1)N(Cc1ccccc1)C(=O)CNC(=O)Cc1ccccc1. The maximum Gasteiger partial charge on any atom is 0.242 e. The van der Waals surface area contributed by atoms with Gasteiger partial charge in [0.25, 0.3) is 0 Å². The number of ether oxygens (including phenoxy) is 1. The quantitative estimate of drug-likeness (QED) is 0.689. The van der Waals surface area contributed by atoms with E-state index in [1.54, 1.807) is 0 Å². The molecule has 2 aromatic rings. The number of carbonyl (C=O) groups is 2. The summed E-state index contributed by atoms with van der Waals surface area (Å²) in [6.07, 6.45) is 0.274. The van der Waals surface area contributed by atoms with Crippen LogP contribution in [0.5, 0.6) is 0 Å². The van der Waals surface area contributed by atoms with Gasteiger partial charge in [-0.1, -0.05) is 60.7 Å². The van der Waals surface area contributed by atoms with Crippen LogP contribution in [0.3, 0.4) is 0 Å². The number of rotatable bonds is 9. The molecule has 30 heavy (non-hydrogen) atoms. The highest BCUT2D eigenvalue weighted by molar-refractivity contribution is 5.85. The average molecular weight is 410 g/mol. The molecule has 1 aliphatic rings. The van der Waals surface area contributed by atoms with Crippen LogP contribution in [0, 0.1) is 0 Å². The fourth-order valence-electron chi connectivity index (χ4n) is 3.65. The summed E-state index contributed by atoms with van der Waals surface area (Å²) in [4.78, 5) is 29.5. The first-order valence-electron chi connectivity index (χ1n) is 10.6. The van der Waals surface area contributed by atoms with Gasteiger partial charge in [0, 0.05) is 32.2 Å². The lowest BCUT2D eigenvalue weighted by Crippen LogP contribution is -2.50. The van der Waals surface area contributed by atoms with Crippen molar-refractivity contribution in [2.75, 3.05) is 39.4 Å². The zero-order chi connectivity index (χ0) is 21.2. The molecule has 0 saturated carbocycles. The van der Waals surface area contributed by atoms with Gasteiger partial charge in [-0.15, -0.1) is 0 Å². The van der Waals surface area contributed by atoms with Gasteiger partial charge in [0.15, 0.2) is 0 Å². The largest absolute Gasteiger partial charge is 0.379 e. The van der Waals surface area contributed by atoms with E-state index in [9.17, 15) is 9.59 Å². The van der Waals surface area contributed by atoms with Crippen LogP contribution in [0.1, 0.15) is 18.1 Å². The zero-order valence-electron chi connectivity index (χ0n) is 17.6. The smallest absolute Gasteiger partial charge is 0.242 e. The van der Waals surface area contributed by atoms with Gasteiger partial charge in [-0.25, -0.2) is 0 Å². The lowest BCUT2D eigenvalue weighted by Gasteiger charge is -2.35. The number of carbonyl (C=O) groups excluding carboxylic acids is 2. The molecular formula is C24H31N3O3. The number of morpholine rings is 1. The van der Waals surface area contributed by atoms with Crippen LogP contribution in [0.15, 0.2) is 60.7 Å². The molecule has 0 radical (unpaired) electrons. The summed E-state index contributed by atoms with van der Waals surface area (Å²) in [6.45, 7) is 6.62. The topological polar surface area (TPSA) is 61.9 Å². The molecule has 6 heteroatoms. The van der Waals surface area contributed by atoms with Crippen molar-refractivity contribution in [2.45, 2.75) is 25.9 Å². The van der Waals surface area contributed by atoms with Crippen LogP contribution >= 0.6 is 0 Å². The second-order valence-corrected chi connectivity index (χ2v) is 7.71. The third kappa shape index (κ3) is 6.97. The standard InChI is InChI=1S/C24H31N3O3/c1-20(18-26-12-14-30-15-13-26)27(19-22-10-6-3-7-11-22)24(29)17-25-23(28)16-21-8-4-2-5-9-21/h2-11,20H,12-19H2,1H3,(H,25,28). The second-order valence-electron chi connectivity index (χ2n) is 7.71. The minimum absolute atomic E-state index is 0.00590. The van der Waals surface area contributed by atoms with E-state index in [4.69, 9.17) is 4.74 Å². The van der Waals surface area contributed by atoms with Crippen molar-refractivity contribution in [2.24, 2.45) is 0 Å². The van der Waals surface area contributed by atoms with E-state index in [1.807, 2.05) is 65.6 Å². The van der Waals surface area contributed by atoms with Crippen molar-refractivity contribution >= 4 is 11.8 Å². The Morgan fingerprint density at radius 1 is 1.00 bits per heavy atom. The summed E-state index contributed by atoms with van der Waals surface area (Å²) < 4.78 is 5.43. The van der Waals surface area contributed by atoms with Gasteiger partial charge in [-0.3, -0.25) is 14.5 Å². The predicted molar refractivity (Wildman–Crippen MR) is 117 cm³/mol. The number of hydrogen-bond donors (Lipinski definition) is 1. The van der Waals surface area contributed by atoms with Gasteiger partial charge in [0.1, 0.15) is 0 Å². The monoisotopic (exact) mass is 409 g/mol. The van der Waals surface area contributed by atoms with Crippen molar-refractivity contribution in [3.8, 4) is 0 Å². The summed E-state index contributed by atoms with van der Waals surface area (Å²) in [5, 5.41) is 2.79. The van der Waals surface area contributed by atoms with E-state index in [1.165, 1.54) is 0 Å². The van der Waals surface area contributed by atoms with E-state index in [0.717, 1.165) is 44.0 Å². The van der Waals surface area contributed by atoms with Crippen LogP contribution in [0.25, 0.3) is 0 Å².